The fraction of sp³-hybridized carbons (Fsp3) is 0.444. The quantitative estimate of drug-likeness (QED) is 0.805. The molecule has 1 atom stereocenters. The Bertz CT molecular complexity index is 608. The van der Waals surface area contributed by atoms with Crippen molar-refractivity contribution in [3.05, 3.63) is 47.7 Å². The second-order valence-corrected chi connectivity index (χ2v) is 6.07. The first kappa shape index (κ1) is 14.8. The maximum Gasteiger partial charge on any atom is 0.225 e. The third kappa shape index (κ3) is 3.97. The van der Waals surface area contributed by atoms with Crippen LogP contribution in [0.3, 0.4) is 0 Å². The molecule has 0 radical (unpaired) electrons. The molecule has 1 aromatic carbocycles. The first-order valence-corrected chi connectivity index (χ1v) is 8.18. The van der Waals surface area contributed by atoms with E-state index in [-0.39, 0.29) is 0 Å². The van der Waals surface area contributed by atoms with E-state index < -0.39 is 0 Å². The second kappa shape index (κ2) is 6.77. The van der Waals surface area contributed by atoms with Gasteiger partial charge in [-0.15, -0.1) is 0 Å². The number of aromatic nitrogens is 2. The lowest BCUT2D eigenvalue weighted by molar-refractivity contribution is 0.750. The normalized spacial score (nSPS) is 15.4. The SMILES string of the molecule is CC[C@H](C)Nc1nc(NCc2ccccc2)cc(C2CC2)n1. The highest BCUT2D eigenvalue weighted by atomic mass is 15.2. The van der Waals surface area contributed by atoms with Gasteiger partial charge in [-0.1, -0.05) is 37.3 Å². The number of rotatable bonds is 7. The molecule has 2 N–H and O–H groups in total. The third-order valence-corrected chi connectivity index (χ3v) is 4.05. The third-order valence-electron chi connectivity index (χ3n) is 4.05. The number of anilines is 2. The molecule has 0 bridgehead atoms. The standard InChI is InChI=1S/C18H24N4/c1-3-13(2)20-18-21-16(15-9-10-15)11-17(22-18)19-12-14-7-5-4-6-8-14/h4-8,11,13,15H,3,9-10,12H2,1-2H3,(H2,19,20,21,22)/t13-/m0/s1. The van der Waals surface area contributed by atoms with E-state index in [1.807, 2.05) is 6.07 Å². The Morgan fingerprint density at radius 3 is 2.64 bits per heavy atom. The van der Waals surface area contributed by atoms with Gasteiger partial charge in [0.2, 0.25) is 5.95 Å². The van der Waals surface area contributed by atoms with Crippen molar-refractivity contribution in [3.8, 4) is 0 Å². The van der Waals surface area contributed by atoms with E-state index in [0.29, 0.717) is 12.0 Å². The van der Waals surface area contributed by atoms with Crippen molar-refractivity contribution in [1.82, 2.24) is 9.97 Å². The summed E-state index contributed by atoms with van der Waals surface area (Å²) in [5, 5.41) is 6.82. The maximum atomic E-state index is 4.68. The van der Waals surface area contributed by atoms with Gasteiger partial charge in [-0.2, -0.15) is 4.98 Å². The van der Waals surface area contributed by atoms with Crippen LogP contribution in [-0.4, -0.2) is 16.0 Å². The molecule has 3 rings (SSSR count). The van der Waals surface area contributed by atoms with Gasteiger partial charge in [0.15, 0.2) is 0 Å². The summed E-state index contributed by atoms with van der Waals surface area (Å²) in [4.78, 5) is 9.29. The molecule has 1 aromatic heterocycles. The van der Waals surface area contributed by atoms with E-state index >= 15 is 0 Å². The van der Waals surface area contributed by atoms with Crippen LogP contribution in [-0.2, 0) is 6.54 Å². The summed E-state index contributed by atoms with van der Waals surface area (Å²) in [7, 11) is 0. The Balaban J connectivity index is 1.74. The van der Waals surface area contributed by atoms with E-state index in [1.165, 1.54) is 18.4 Å². The first-order chi connectivity index (χ1) is 10.7. The van der Waals surface area contributed by atoms with E-state index in [2.05, 4.69) is 64.8 Å². The summed E-state index contributed by atoms with van der Waals surface area (Å²) in [6.45, 7) is 5.10. The van der Waals surface area contributed by atoms with Crippen LogP contribution in [0.15, 0.2) is 36.4 Å². The van der Waals surface area contributed by atoms with Crippen molar-refractivity contribution in [3.63, 3.8) is 0 Å². The lowest BCUT2D eigenvalue weighted by Crippen LogP contribution is -2.17. The average molecular weight is 296 g/mol. The number of nitrogens with one attached hydrogen (secondary N) is 2. The maximum absolute atomic E-state index is 4.68. The van der Waals surface area contributed by atoms with Gasteiger partial charge >= 0.3 is 0 Å². The number of benzene rings is 1. The highest BCUT2D eigenvalue weighted by Crippen LogP contribution is 2.39. The molecule has 1 aliphatic rings. The molecule has 0 unspecified atom stereocenters. The summed E-state index contributed by atoms with van der Waals surface area (Å²) in [5.41, 5.74) is 2.42. The van der Waals surface area contributed by atoms with Crippen molar-refractivity contribution in [2.24, 2.45) is 0 Å². The fourth-order valence-corrected chi connectivity index (χ4v) is 2.32. The fourth-order valence-electron chi connectivity index (χ4n) is 2.32. The van der Waals surface area contributed by atoms with Gasteiger partial charge in [0.25, 0.3) is 0 Å². The van der Waals surface area contributed by atoms with E-state index in [1.54, 1.807) is 0 Å². The van der Waals surface area contributed by atoms with Gasteiger partial charge in [-0.3, -0.25) is 0 Å². The highest BCUT2D eigenvalue weighted by Gasteiger charge is 2.26. The molecule has 2 aromatic rings. The molecular formula is C18H24N4. The van der Waals surface area contributed by atoms with Gasteiger partial charge < -0.3 is 10.6 Å². The summed E-state index contributed by atoms with van der Waals surface area (Å²) in [6, 6.07) is 12.9. The van der Waals surface area contributed by atoms with Crippen LogP contribution >= 0.6 is 0 Å². The Morgan fingerprint density at radius 2 is 1.95 bits per heavy atom. The van der Waals surface area contributed by atoms with Crippen molar-refractivity contribution in [2.75, 3.05) is 10.6 Å². The Labute approximate surface area is 132 Å². The van der Waals surface area contributed by atoms with Gasteiger partial charge in [0.1, 0.15) is 5.82 Å². The molecule has 4 heteroatoms. The number of hydrogen-bond acceptors (Lipinski definition) is 4. The van der Waals surface area contributed by atoms with Crippen LogP contribution in [0.25, 0.3) is 0 Å². The molecule has 22 heavy (non-hydrogen) atoms. The summed E-state index contributed by atoms with van der Waals surface area (Å²) < 4.78 is 0. The van der Waals surface area contributed by atoms with Gasteiger partial charge in [0.05, 0.1) is 5.69 Å². The second-order valence-electron chi connectivity index (χ2n) is 6.07. The Hall–Kier alpha value is -2.10. The average Bonchev–Trinajstić information content (AvgIpc) is 3.38. The molecular weight excluding hydrogens is 272 g/mol. The molecule has 1 heterocycles. The molecule has 1 aliphatic carbocycles. The van der Waals surface area contributed by atoms with Crippen molar-refractivity contribution in [2.45, 2.75) is 51.6 Å². The van der Waals surface area contributed by atoms with Crippen molar-refractivity contribution in [1.29, 1.82) is 0 Å². The van der Waals surface area contributed by atoms with Crippen LogP contribution in [0, 0.1) is 0 Å². The Kier molecular flexibility index (Phi) is 4.56. The molecule has 1 fully saturated rings. The summed E-state index contributed by atoms with van der Waals surface area (Å²) in [6.07, 6.45) is 3.56. The van der Waals surface area contributed by atoms with Crippen LogP contribution in [0.5, 0.6) is 0 Å². The molecule has 0 amide bonds. The summed E-state index contributed by atoms with van der Waals surface area (Å²) in [5.74, 6) is 2.28. The monoisotopic (exact) mass is 296 g/mol. The zero-order valence-corrected chi connectivity index (χ0v) is 13.3. The minimum absolute atomic E-state index is 0.386. The van der Waals surface area contributed by atoms with Crippen LogP contribution in [0.2, 0.25) is 0 Å². The molecule has 0 saturated heterocycles. The molecule has 0 aliphatic heterocycles. The van der Waals surface area contributed by atoms with Crippen molar-refractivity contribution < 1.29 is 0 Å². The number of nitrogens with zero attached hydrogens (tertiary/aromatic N) is 2. The van der Waals surface area contributed by atoms with E-state index in [4.69, 9.17) is 0 Å². The highest BCUT2D eigenvalue weighted by molar-refractivity contribution is 5.44. The predicted octanol–water partition coefficient (Wildman–Crippen LogP) is 4.18. The van der Waals surface area contributed by atoms with Crippen LogP contribution in [0.1, 0.15) is 50.3 Å². The predicted molar refractivity (Wildman–Crippen MR) is 91.2 cm³/mol. The number of hydrogen-bond donors (Lipinski definition) is 2. The summed E-state index contributed by atoms with van der Waals surface area (Å²) >= 11 is 0. The molecule has 116 valence electrons. The first-order valence-electron chi connectivity index (χ1n) is 8.18. The zero-order chi connectivity index (χ0) is 15.4. The zero-order valence-electron chi connectivity index (χ0n) is 13.3. The molecule has 0 spiro atoms. The minimum atomic E-state index is 0.386. The smallest absolute Gasteiger partial charge is 0.225 e. The van der Waals surface area contributed by atoms with Crippen LogP contribution in [0.4, 0.5) is 11.8 Å². The largest absolute Gasteiger partial charge is 0.366 e. The van der Waals surface area contributed by atoms with Crippen LogP contribution < -0.4 is 10.6 Å². The van der Waals surface area contributed by atoms with Gasteiger partial charge in [-0.25, -0.2) is 4.98 Å². The van der Waals surface area contributed by atoms with E-state index in [9.17, 15) is 0 Å². The minimum Gasteiger partial charge on any atom is -0.366 e. The van der Waals surface area contributed by atoms with Crippen molar-refractivity contribution >= 4 is 11.8 Å². The lowest BCUT2D eigenvalue weighted by atomic mass is 10.2. The van der Waals surface area contributed by atoms with Gasteiger partial charge in [0, 0.05) is 24.6 Å². The topological polar surface area (TPSA) is 49.8 Å². The molecule has 1 saturated carbocycles. The van der Waals surface area contributed by atoms with Gasteiger partial charge in [-0.05, 0) is 31.7 Å². The molecule has 4 nitrogen and oxygen atoms in total. The lowest BCUT2D eigenvalue weighted by Gasteiger charge is -2.14. The Morgan fingerprint density at radius 1 is 1.18 bits per heavy atom. The van der Waals surface area contributed by atoms with E-state index in [0.717, 1.165) is 30.4 Å².